The van der Waals surface area contributed by atoms with Crippen molar-refractivity contribution in [3.05, 3.63) is 24.3 Å². The van der Waals surface area contributed by atoms with Gasteiger partial charge < -0.3 is 5.73 Å². The molecule has 1 aromatic rings. The van der Waals surface area contributed by atoms with Gasteiger partial charge in [0.05, 0.1) is 11.2 Å². The summed E-state index contributed by atoms with van der Waals surface area (Å²) in [5.74, 6) is 0. The molecule has 1 saturated carbocycles. The molecule has 0 atom stereocenters. The van der Waals surface area contributed by atoms with Gasteiger partial charge in [0.15, 0.2) is 0 Å². The lowest BCUT2D eigenvalue weighted by atomic mass is 10.2. The number of nitrogens with two attached hydrogens (primary N) is 1. The predicted molar refractivity (Wildman–Crippen MR) is 44.4 cm³/mol. The van der Waals surface area contributed by atoms with E-state index in [4.69, 9.17) is 5.73 Å². The van der Waals surface area contributed by atoms with Crippen LogP contribution in [-0.2, 0) is 5.54 Å². The van der Waals surface area contributed by atoms with E-state index in [0.717, 1.165) is 18.5 Å². The Morgan fingerprint density at radius 1 is 1.45 bits per heavy atom. The highest BCUT2D eigenvalue weighted by atomic mass is 35.5. The SMILES string of the molecule is Cl.NC1(c2ccncn2)CC1. The van der Waals surface area contributed by atoms with Crippen molar-refractivity contribution in [2.45, 2.75) is 18.4 Å². The second-order valence-electron chi connectivity index (χ2n) is 2.75. The van der Waals surface area contributed by atoms with E-state index in [1.165, 1.54) is 0 Å². The van der Waals surface area contributed by atoms with E-state index in [2.05, 4.69) is 9.97 Å². The number of hydrogen-bond acceptors (Lipinski definition) is 3. The van der Waals surface area contributed by atoms with Gasteiger partial charge in [0.2, 0.25) is 0 Å². The largest absolute Gasteiger partial charge is 0.320 e. The average Bonchev–Trinajstić information content (AvgIpc) is 2.72. The molecule has 1 fully saturated rings. The van der Waals surface area contributed by atoms with Crippen molar-refractivity contribution in [2.24, 2.45) is 5.73 Å². The zero-order valence-electron chi connectivity index (χ0n) is 6.03. The summed E-state index contributed by atoms with van der Waals surface area (Å²) in [4.78, 5) is 7.90. The van der Waals surface area contributed by atoms with Crippen molar-refractivity contribution in [1.29, 1.82) is 0 Å². The molecule has 0 saturated heterocycles. The van der Waals surface area contributed by atoms with Crippen molar-refractivity contribution in [3.8, 4) is 0 Å². The van der Waals surface area contributed by atoms with Crippen molar-refractivity contribution >= 4 is 12.4 Å². The van der Waals surface area contributed by atoms with Crippen LogP contribution >= 0.6 is 12.4 Å². The topological polar surface area (TPSA) is 51.8 Å². The molecule has 1 aliphatic carbocycles. The Bertz CT molecular complexity index is 233. The number of nitrogens with zero attached hydrogens (tertiary/aromatic N) is 2. The van der Waals surface area contributed by atoms with Crippen LogP contribution in [0.4, 0.5) is 0 Å². The van der Waals surface area contributed by atoms with E-state index < -0.39 is 0 Å². The molecule has 0 spiro atoms. The maximum absolute atomic E-state index is 5.88. The fourth-order valence-corrected chi connectivity index (χ4v) is 0.976. The molecule has 0 radical (unpaired) electrons. The Morgan fingerprint density at radius 2 is 2.18 bits per heavy atom. The lowest BCUT2D eigenvalue weighted by molar-refractivity contribution is 0.703. The van der Waals surface area contributed by atoms with E-state index in [1.807, 2.05) is 6.07 Å². The quantitative estimate of drug-likeness (QED) is 0.682. The minimum atomic E-state index is -0.108. The van der Waals surface area contributed by atoms with Gasteiger partial charge in [-0.2, -0.15) is 0 Å². The average molecular weight is 172 g/mol. The van der Waals surface area contributed by atoms with Crippen LogP contribution < -0.4 is 5.73 Å². The Hall–Kier alpha value is -0.670. The van der Waals surface area contributed by atoms with Gasteiger partial charge >= 0.3 is 0 Å². The summed E-state index contributed by atoms with van der Waals surface area (Å²) < 4.78 is 0. The fraction of sp³-hybridized carbons (Fsp3) is 0.429. The summed E-state index contributed by atoms with van der Waals surface area (Å²) in [7, 11) is 0. The third kappa shape index (κ3) is 1.49. The smallest absolute Gasteiger partial charge is 0.115 e. The van der Waals surface area contributed by atoms with Crippen LogP contribution in [0.1, 0.15) is 18.5 Å². The van der Waals surface area contributed by atoms with E-state index in [-0.39, 0.29) is 17.9 Å². The first-order valence-corrected chi connectivity index (χ1v) is 3.37. The van der Waals surface area contributed by atoms with Gasteiger partial charge in [0.25, 0.3) is 0 Å². The molecule has 60 valence electrons. The van der Waals surface area contributed by atoms with Gasteiger partial charge in [-0.25, -0.2) is 9.97 Å². The van der Waals surface area contributed by atoms with E-state index in [1.54, 1.807) is 12.5 Å². The van der Waals surface area contributed by atoms with E-state index >= 15 is 0 Å². The minimum absolute atomic E-state index is 0. The second-order valence-corrected chi connectivity index (χ2v) is 2.75. The highest BCUT2D eigenvalue weighted by molar-refractivity contribution is 5.85. The molecule has 3 nitrogen and oxygen atoms in total. The molecular formula is C7H10ClN3. The van der Waals surface area contributed by atoms with Crippen LogP contribution in [0.3, 0.4) is 0 Å². The van der Waals surface area contributed by atoms with Crippen LogP contribution in [0.5, 0.6) is 0 Å². The highest BCUT2D eigenvalue weighted by Gasteiger charge is 2.41. The maximum Gasteiger partial charge on any atom is 0.115 e. The lowest BCUT2D eigenvalue weighted by Gasteiger charge is -2.04. The fourth-order valence-electron chi connectivity index (χ4n) is 0.976. The molecule has 0 unspecified atom stereocenters. The van der Waals surface area contributed by atoms with Gasteiger partial charge in [-0.05, 0) is 18.9 Å². The maximum atomic E-state index is 5.88. The van der Waals surface area contributed by atoms with Crippen molar-refractivity contribution in [2.75, 3.05) is 0 Å². The van der Waals surface area contributed by atoms with Crippen LogP contribution in [0.2, 0.25) is 0 Å². The number of rotatable bonds is 1. The standard InChI is InChI=1S/C7H9N3.ClH/c8-7(2-3-7)6-1-4-9-5-10-6;/h1,4-5H,2-3,8H2;1H. The van der Waals surface area contributed by atoms with Crippen LogP contribution in [-0.4, -0.2) is 9.97 Å². The molecule has 1 aromatic heterocycles. The van der Waals surface area contributed by atoms with Crippen molar-refractivity contribution < 1.29 is 0 Å². The molecule has 2 rings (SSSR count). The third-order valence-electron chi connectivity index (χ3n) is 1.88. The zero-order chi connectivity index (χ0) is 7.03. The Labute approximate surface area is 71.5 Å². The number of hydrogen-bond donors (Lipinski definition) is 1. The van der Waals surface area contributed by atoms with Gasteiger partial charge in [-0.1, -0.05) is 0 Å². The van der Waals surface area contributed by atoms with E-state index in [0.29, 0.717) is 0 Å². The summed E-state index contributed by atoms with van der Waals surface area (Å²) in [5.41, 5.74) is 6.74. The van der Waals surface area contributed by atoms with Crippen molar-refractivity contribution in [1.82, 2.24) is 9.97 Å². The third-order valence-corrected chi connectivity index (χ3v) is 1.88. The zero-order valence-corrected chi connectivity index (χ0v) is 6.84. The van der Waals surface area contributed by atoms with Gasteiger partial charge in [-0.15, -0.1) is 12.4 Å². The van der Waals surface area contributed by atoms with Crippen molar-refractivity contribution in [3.63, 3.8) is 0 Å². The predicted octanol–water partition coefficient (Wildman–Crippen LogP) is 0.846. The molecule has 0 aromatic carbocycles. The first-order chi connectivity index (χ1) is 4.81. The Morgan fingerprint density at radius 3 is 2.64 bits per heavy atom. The van der Waals surface area contributed by atoms with Gasteiger partial charge in [0.1, 0.15) is 6.33 Å². The summed E-state index contributed by atoms with van der Waals surface area (Å²) in [6, 6.07) is 1.88. The first kappa shape index (κ1) is 8.43. The molecule has 2 N–H and O–H groups in total. The Kier molecular flexibility index (Phi) is 2.11. The summed E-state index contributed by atoms with van der Waals surface area (Å²) in [6.07, 6.45) is 5.39. The van der Waals surface area contributed by atoms with Gasteiger partial charge in [-0.3, -0.25) is 0 Å². The summed E-state index contributed by atoms with van der Waals surface area (Å²) >= 11 is 0. The lowest BCUT2D eigenvalue weighted by Crippen LogP contribution is -2.19. The first-order valence-electron chi connectivity index (χ1n) is 3.37. The monoisotopic (exact) mass is 171 g/mol. The molecular weight excluding hydrogens is 162 g/mol. The second kappa shape index (κ2) is 2.75. The van der Waals surface area contributed by atoms with Crippen LogP contribution in [0.25, 0.3) is 0 Å². The normalized spacial score (nSPS) is 18.6. The summed E-state index contributed by atoms with van der Waals surface area (Å²) in [6.45, 7) is 0. The Balaban J connectivity index is 0.000000605. The number of halogens is 1. The molecule has 0 amide bonds. The van der Waals surface area contributed by atoms with Gasteiger partial charge in [0, 0.05) is 6.20 Å². The van der Waals surface area contributed by atoms with Crippen LogP contribution in [0.15, 0.2) is 18.6 Å². The molecule has 4 heteroatoms. The molecule has 1 aliphatic rings. The molecule has 0 bridgehead atoms. The minimum Gasteiger partial charge on any atom is -0.320 e. The highest BCUT2D eigenvalue weighted by Crippen LogP contribution is 2.40. The van der Waals surface area contributed by atoms with Crippen LogP contribution in [0, 0.1) is 0 Å². The number of aromatic nitrogens is 2. The molecule has 0 aliphatic heterocycles. The summed E-state index contributed by atoms with van der Waals surface area (Å²) in [5, 5.41) is 0. The molecule has 11 heavy (non-hydrogen) atoms. The van der Waals surface area contributed by atoms with E-state index in [9.17, 15) is 0 Å². The molecule has 1 heterocycles.